The molecule has 4 heterocycles. The number of benzene rings is 4. The Morgan fingerprint density at radius 3 is 1.68 bits per heavy atom. The lowest BCUT2D eigenvalue weighted by Crippen LogP contribution is -2.30. The molecule has 6 aromatic rings. The van der Waals surface area contributed by atoms with Crippen molar-refractivity contribution in [2.24, 2.45) is 0 Å². The minimum Gasteiger partial charge on any atom is -0.367 e. The van der Waals surface area contributed by atoms with Crippen LogP contribution in [-0.2, 0) is 25.9 Å². The molecule has 15 heteroatoms. The van der Waals surface area contributed by atoms with Gasteiger partial charge in [0.1, 0.15) is 23.3 Å². The fourth-order valence-electron chi connectivity index (χ4n) is 7.00. The number of amides is 2. The van der Waals surface area contributed by atoms with E-state index in [1.54, 1.807) is 20.2 Å². The van der Waals surface area contributed by atoms with Gasteiger partial charge < -0.3 is 30.8 Å². The van der Waals surface area contributed by atoms with Gasteiger partial charge in [-0.05, 0) is 109 Å². The number of carbonyl (C=O) groups is 2. The topological polar surface area (TPSA) is 105 Å². The Bertz CT molecular complexity index is 2370. The highest BCUT2D eigenvalue weighted by molar-refractivity contribution is 9.10. The first-order valence-electron chi connectivity index (χ1n) is 18.4. The molecule has 0 spiro atoms. The molecule has 8 rings (SSSR count). The summed E-state index contributed by atoms with van der Waals surface area (Å²) in [6, 6.07) is 22.6. The quantitative estimate of drug-likeness (QED) is 0.0925. The van der Waals surface area contributed by atoms with E-state index >= 15 is 0 Å². The average Bonchev–Trinajstić information content (AvgIpc) is 3.86. The van der Waals surface area contributed by atoms with Crippen molar-refractivity contribution in [3.63, 3.8) is 0 Å². The number of hydrogen-bond donors (Lipinski definition) is 5. The Kier molecular flexibility index (Phi) is 15.4. The van der Waals surface area contributed by atoms with Gasteiger partial charge in [-0.1, -0.05) is 35.8 Å². The van der Waals surface area contributed by atoms with Gasteiger partial charge in [-0.2, -0.15) is 7.74 Å². The van der Waals surface area contributed by atoms with Crippen molar-refractivity contribution in [3.05, 3.63) is 157 Å². The van der Waals surface area contributed by atoms with Crippen molar-refractivity contribution in [3.8, 4) is 22.5 Å². The molecule has 0 aliphatic carbocycles. The van der Waals surface area contributed by atoms with Crippen molar-refractivity contribution in [1.29, 1.82) is 0 Å². The normalized spacial score (nSPS) is 12.6. The smallest absolute Gasteiger partial charge is 0.251 e. The van der Waals surface area contributed by atoms with E-state index in [4.69, 9.17) is 7.74 Å². The van der Waals surface area contributed by atoms with Crippen LogP contribution in [0.15, 0.2) is 89.4 Å². The molecule has 2 aromatic heterocycles. The van der Waals surface area contributed by atoms with Crippen LogP contribution < -0.4 is 20.9 Å². The molecule has 4 aromatic carbocycles. The molecule has 0 bridgehead atoms. The number of carbonyl (C=O) groups excluding carboxylic acids is 2. The maximum absolute atomic E-state index is 14.1. The highest BCUT2D eigenvalue weighted by atomic mass is 79.9. The van der Waals surface area contributed by atoms with Crippen LogP contribution in [0, 0.1) is 37.1 Å². The lowest BCUT2D eigenvalue weighted by atomic mass is 9.81. The van der Waals surface area contributed by atoms with Crippen LogP contribution >= 0.6 is 15.9 Å². The molecule has 306 valence electrons. The van der Waals surface area contributed by atoms with Crippen LogP contribution in [0.4, 0.5) is 23.2 Å². The first-order valence-corrected chi connectivity index (χ1v) is 19.2. The van der Waals surface area contributed by atoms with E-state index in [2.05, 4.69) is 46.7 Å². The number of anilines is 1. The molecule has 0 unspecified atom stereocenters. The number of aryl methyl sites for hydroxylation is 2. The van der Waals surface area contributed by atoms with E-state index in [9.17, 15) is 27.2 Å². The SMILES string of the molecule is CNC(=O)c1ccc(Br)c(C)c1.CNC(=O)c1ccc(N2CCc3[nH]c(-c4c(F)cccc4F)cc3C2)c(C)c1.Fc1cccc(F)c1-c1cc2c([nH]1)CCNC2.[B][BH3-]. The second-order valence-corrected chi connectivity index (χ2v) is 14.6. The van der Waals surface area contributed by atoms with E-state index in [1.165, 1.54) is 36.4 Å². The first kappa shape index (κ1) is 44.6. The second kappa shape index (κ2) is 20.4. The molecule has 8 nitrogen and oxygen atoms in total. The summed E-state index contributed by atoms with van der Waals surface area (Å²) in [5.41, 5.74) is 9.65. The number of nitrogens with one attached hydrogen (secondary N) is 5. The van der Waals surface area contributed by atoms with E-state index in [0.717, 1.165) is 76.3 Å². The number of rotatable bonds is 5. The summed E-state index contributed by atoms with van der Waals surface area (Å²) in [7, 11) is 8.24. The van der Waals surface area contributed by atoms with Crippen molar-refractivity contribution in [1.82, 2.24) is 25.9 Å². The van der Waals surface area contributed by atoms with Gasteiger partial charge in [-0.3, -0.25) is 9.59 Å². The molecular formula is C44H46B2BrF4N6O2-. The van der Waals surface area contributed by atoms with Gasteiger partial charge in [0.05, 0.1) is 22.5 Å². The number of hydrogen-bond acceptors (Lipinski definition) is 4. The fourth-order valence-corrected chi connectivity index (χ4v) is 7.25. The fraction of sp³-hybridized carbons (Fsp3) is 0.227. The van der Waals surface area contributed by atoms with Gasteiger partial charge in [0, 0.05) is 85.8 Å². The minimum absolute atomic E-state index is 0.0189. The molecule has 2 radical (unpaired) electrons. The Labute approximate surface area is 352 Å². The zero-order chi connectivity index (χ0) is 42.8. The highest BCUT2D eigenvalue weighted by Gasteiger charge is 2.23. The van der Waals surface area contributed by atoms with E-state index in [-0.39, 0.29) is 30.7 Å². The number of halogens is 5. The first-order chi connectivity index (χ1) is 28.4. The predicted octanol–water partition coefficient (Wildman–Crippen LogP) is 7.35. The number of aromatic nitrogens is 2. The Balaban J connectivity index is 0.000000181. The van der Waals surface area contributed by atoms with Gasteiger partial charge in [-0.25, -0.2) is 17.6 Å². The molecule has 0 saturated heterocycles. The maximum Gasteiger partial charge on any atom is 0.251 e. The molecule has 0 atom stereocenters. The summed E-state index contributed by atoms with van der Waals surface area (Å²) >= 11 is 3.37. The van der Waals surface area contributed by atoms with Crippen molar-refractivity contribution < 1.29 is 27.2 Å². The lowest BCUT2D eigenvalue weighted by molar-refractivity contribution is 0.0955. The van der Waals surface area contributed by atoms with Crippen LogP contribution in [0.1, 0.15) is 54.4 Å². The Morgan fingerprint density at radius 1 is 0.695 bits per heavy atom. The third kappa shape index (κ3) is 10.6. The molecule has 5 N–H and O–H groups in total. The van der Waals surface area contributed by atoms with E-state index in [0.29, 0.717) is 29.1 Å². The largest absolute Gasteiger partial charge is 0.367 e. The lowest BCUT2D eigenvalue weighted by Gasteiger charge is -2.30. The van der Waals surface area contributed by atoms with Gasteiger partial charge in [0.2, 0.25) is 0 Å². The van der Waals surface area contributed by atoms with Gasteiger partial charge in [0.25, 0.3) is 11.8 Å². The average molecular weight is 868 g/mol. The zero-order valence-electron chi connectivity index (χ0n) is 32.6. The summed E-state index contributed by atoms with van der Waals surface area (Å²) in [6.45, 7) is 7.01. The van der Waals surface area contributed by atoms with E-state index in [1.807, 2.05) is 56.3 Å². The standard InChI is InChI=1S/C22H21F2N3O.C13H12F2N2.C9H10BrNO.B2H3/c1-13-10-14(22(28)25-2)6-7-20(13)27-9-8-18-15(12-27)11-19(26-18)21-16(23)4-3-5-17(21)24;14-9-2-1-3-10(15)13(9)12-6-8-7-16-5-4-11(8)17-12;1-6-5-7(9(12)11-2)3-4-8(6)10;1-2/h3-7,10-11,26H,8-9,12H2,1-2H3,(H,25,28);1-3,6,16-17H,4-5,7H2;3-5H,1-2H3,(H,11,12);1H3/q;;;-1. The van der Waals surface area contributed by atoms with Crippen LogP contribution in [0.2, 0.25) is 0 Å². The molecule has 0 fully saturated rings. The number of aromatic amines is 2. The molecule has 2 amide bonds. The van der Waals surface area contributed by atoms with Crippen molar-refractivity contribution >= 4 is 48.9 Å². The van der Waals surface area contributed by atoms with Crippen molar-refractivity contribution in [2.75, 3.05) is 32.1 Å². The highest BCUT2D eigenvalue weighted by Crippen LogP contribution is 2.33. The Hall–Kier alpha value is -5.53. The van der Waals surface area contributed by atoms with Gasteiger partial charge >= 0.3 is 0 Å². The third-order valence-corrected chi connectivity index (χ3v) is 10.9. The summed E-state index contributed by atoms with van der Waals surface area (Å²) in [5.74, 6) is -2.37. The summed E-state index contributed by atoms with van der Waals surface area (Å²) < 4.78 is 56.5. The van der Waals surface area contributed by atoms with Crippen LogP contribution in [0.5, 0.6) is 0 Å². The number of nitrogens with zero attached hydrogens (tertiary/aromatic N) is 1. The summed E-state index contributed by atoms with van der Waals surface area (Å²) in [4.78, 5) is 31.5. The zero-order valence-corrected chi connectivity index (χ0v) is 34.1. The second-order valence-electron chi connectivity index (χ2n) is 13.8. The molecular weight excluding hydrogens is 822 g/mol. The summed E-state index contributed by atoms with van der Waals surface area (Å²) in [6.07, 6.45) is 1.62. The van der Waals surface area contributed by atoms with Crippen LogP contribution in [-0.4, -0.2) is 64.4 Å². The van der Waals surface area contributed by atoms with Crippen LogP contribution in [0.25, 0.3) is 22.5 Å². The summed E-state index contributed by atoms with van der Waals surface area (Å²) in [5, 5.41) is 8.43. The van der Waals surface area contributed by atoms with Gasteiger partial charge in [0.15, 0.2) is 0 Å². The predicted molar refractivity (Wildman–Crippen MR) is 235 cm³/mol. The Morgan fingerprint density at radius 2 is 1.19 bits per heavy atom. The molecule has 2 aliphatic heterocycles. The number of H-pyrrole nitrogens is 2. The van der Waals surface area contributed by atoms with Crippen LogP contribution in [0.3, 0.4) is 0 Å². The molecule has 0 saturated carbocycles. The monoisotopic (exact) mass is 867 g/mol. The minimum atomic E-state index is -0.573. The van der Waals surface area contributed by atoms with E-state index < -0.39 is 23.3 Å². The molecule has 59 heavy (non-hydrogen) atoms. The third-order valence-electron chi connectivity index (χ3n) is 9.98. The van der Waals surface area contributed by atoms with Crippen molar-refractivity contribution in [2.45, 2.75) is 39.8 Å². The maximum atomic E-state index is 14.1. The molecule has 2 aliphatic rings. The van der Waals surface area contributed by atoms with Gasteiger partial charge in [-0.15, -0.1) is 0 Å². The number of fused-ring (bicyclic) bond motifs is 2.